The highest BCUT2D eigenvalue weighted by atomic mass is 32.2. The number of para-hydroxylation sites is 1. The topological polar surface area (TPSA) is 75.7 Å². The third-order valence-corrected chi connectivity index (χ3v) is 5.25. The van der Waals surface area contributed by atoms with E-state index in [1.807, 2.05) is 51.1 Å². The first-order valence-electron chi connectivity index (χ1n) is 8.86. The van der Waals surface area contributed by atoms with Crippen molar-refractivity contribution in [1.82, 2.24) is 4.90 Å². The van der Waals surface area contributed by atoms with E-state index >= 15 is 0 Å². The van der Waals surface area contributed by atoms with Gasteiger partial charge in [-0.1, -0.05) is 30.3 Å². The first kappa shape index (κ1) is 20.8. The van der Waals surface area contributed by atoms with E-state index in [1.165, 1.54) is 6.92 Å². The molecule has 0 unspecified atom stereocenters. The smallest absolute Gasteiger partial charge is 0.322 e. The van der Waals surface area contributed by atoms with Crippen LogP contribution in [-0.2, 0) is 16.7 Å². The highest BCUT2D eigenvalue weighted by Crippen LogP contribution is 2.20. The van der Waals surface area contributed by atoms with Crippen LogP contribution in [0.25, 0.3) is 0 Å². The van der Waals surface area contributed by atoms with E-state index in [1.54, 1.807) is 23.1 Å². The predicted molar refractivity (Wildman–Crippen MR) is 107 cm³/mol. The Morgan fingerprint density at radius 1 is 1.15 bits per heavy atom. The molecule has 2 rings (SSSR count). The van der Waals surface area contributed by atoms with Crippen LogP contribution >= 0.6 is 0 Å². The molecule has 0 spiro atoms. The van der Waals surface area contributed by atoms with E-state index < -0.39 is 10.1 Å². The summed E-state index contributed by atoms with van der Waals surface area (Å²) in [7, 11) is -3.59. The van der Waals surface area contributed by atoms with Crippen LogP contribution in [0.2, 0.25) is 0 Å². The number of rotatable bonds is 7. The molecule has 2 aromatic carbocycles. The van der Waals surface area contributed by atoms with Crippen molar-refractivity contribution >= 4 is 21.8 Å². The maximum atomic E-state index is 12.8. The molecule has 2 aromatic rings. The van der Waals surface area contributed by atoms with Gasteiger partial charge >= 0.3 is 16.1 Å². The summed E-state index contributed by atoms with van der Waals surface area (Å²) >= 11 is 0. The van der Waals surface area contributed by atoms with Gasteiger partial charge < -0.3 is 14.4 Å². The quantitative estimate of drug-likeness (QED) is 0.720. The van der Waals surface area contributed by atoms with Crippen LogP contribution in [0, 0.1) is 6.92 Å². The van der Waals surface area contributed by atoms with Crippen molar-refractivity contribution in [2.75, 3.05) is 11.1 Å². The fraction of sp³-hybridized carbons (Fsp3) is 0.350. The van der Waals surface area contributed by atoms with Crippen molar-refractivity contribution in [3.8, 4) is 5.75 Å². The molecule has 6 nitrogen and oxygen atoms in total. The number of hydrogen-bond donors (Lipinski definition) is 1. The minimum atomic E-state index is -3.59. The Balaban J connectivity index is 2.16. The van der Waals surface area contributed by atoms with E-state index in [4.69, 9.17) is 4.18 Å². The van der Waals surface area contributed by atoms with Gasteiger partial charge in [-0.25, -0.2) is 4.79 Å². The SMILES string of the molecule is CCS(=O)(=O)Oc1cccc(CN(C(=O)Nc2ccccc2C)C(C)C)c1. The third kappa shape index (κ3) is 5.99. The molecule has 27 heavy (non-hydrogen) atoms. The van der Waals surface area contributed by atoms with Gasteiger partial charge in [0.1, 0.15) is 5.75 Å². The highest BCUT2D eigenvalue weighted by Gasteiger charge is 2.19. The average Bonchev–Trinajstić information content (AvgIpc) is 2.61. The Labute approximate surface area is 161 Å². The van der Waals surface area contributed by atoms with Crippen molar-refractivity contribution < 1.29 is 17.4 Å². The van der Waals surface area contributed by atoms with Gasteiger partial charge in [0.05, 0.1) is 5.75 Å². The van der Waals surface area contributed by atoms with E-state index in [2.05, 4.69) is 5.32 Å². The molecule has 0 bridgehead atoms. The molecular formula is C20H26N2O4S. The lowest BCUT2D eigenvalue weighted by Crippen LogP contribution is -2.39. The molecule has 1 N–H and O–H groups in total. The number of carbonyl (C=O) groups is 1. The number of carbonyl (C=O) groups excluding carboxylic acids is 1. The maximum Gasteiger partial charge on any atom is 0.322 e. The van der Waals surface area contributed by atoms with Crippen molar-refractivity contribution in [3.05, 3.63) is 59.7 Å². The molecule has 0 atom stereocenters. The molecule has 0 aliphatic rings. The molecular weight excluding hydrogens is 364 g/mol. The summed E-state index contributed by atoms with van der Waals surface area (Å²) in [6.07, 6.45) is 0. The number of nitrogens with one attached hydrogen (secondary N) is 1. The van der Waals surface area contributed by atoms with E-state index in [9.17, 15) is 13.2 Å². The Hall–Kier alpha value is -2.54. The van der Waals surface area contributed by atoms with Crippen molar-refractivity contribution in [2.24, 2.45) is 0 Å². The lowest BCUT2D eigenvalue weighted by Gasteiger charge is -2.27. The van der Waals surface area contributed by atoms with E-state index in [0.29, 0.717) is 6.54 Å². The van der Waals surface area contributed by atoms with Gasteiger partial charge in [0, 0.05) is 18.3 Å². The van der Waals surface area contributed by atoms with Crippen LogP contribution in [0.15, 0.2) is 48.5 Å². The van der Waals surface area contributed by atoms with E-state index in [-0.39, 0.29) is 23.6 Å². The third-order valence-electron chi connectivity index (χ3n) is 4.10. The lowest BCUT2D eigenvalue weighted by molar-refractivity contribution is 0.193. The van der Waals surface area contributed by atoms with Crippen LogP contribution in [-0.4, -0.2) is 31.1 Å². The predicted octanol–water partition coefficient (Wildman–Crippen LogP) is 4.17. The second kappa shape index (κ2) is 8.90. The van der Waals surface area contributed by atoms with Gasteiger partial charge in [-0.05, 0) is 57.0 Å². The first-order chi connectivity index (χ1) is 12.7. The zero-order valence-electron chi connectivity index (χ0n) is 16.1. The number of anilines is 1. The van der Waals surface area contributed by atoms with Gasteiger partial charge in [0.25, 0.3) is 0 Å². The summed E-state index contributed by atoms with van der Waals surface area (Å²) in [5.74, 6) is 0.145. The molecule has 7 heteroatoms. The highest BCUT2D eigenvalue weighted by molar-refractivity contribution is 7.87. The van der Waals surface area contributed by atoms with Gasteiger partial charge in [-0.3, -0.25) is 0 Å². The van der Waals surface area contributed by atoms with Gasteiger partial charge in [0.2, 0.25) is 0 Å². The van der Waals surface area contributed by atoms with Crippen molar-refractivity contribution in [2.45, 2.75) is 40.3 Å². The molecule has 0 saturated carbocycles. The van der Waals surface area contributed by atoms with Crippen molar-refractivity contribution in [3.63, 3.8) is 0 Å². The van der Waals surface area contributed by atoms with Crippen molar-refractivity contribution in [1.29, 1.82) is 0 Å². The second-order valence-electron chi connectivity index (χ2n) is 6.54. The molecule has 0 aliphatic carbocycles. The zero-order valence-corrected chi connectivity index (χ0v) is 16.9. The number of hydrogen-bond acceptors (Lipinski definition) is 4. The lowest BCUT2D eigenvalue weighted by atomic mass is 10.2. The molecule has 0 aliphatic heterocycles. The fourth-order valence-corrected chi connectivity index (χ4v) is 3.00. The summed E-state index contributed by atoms with van der Waals surface area (Å²) in [4.78, 5) is 14.4. The average molecular weight is 391 g/mol. The van der Waals surface area contributed by atoms with Crippen LogP contribution < -0.4 is 9.50 Å². The maximum absolute atomic E-state index is 12.8. The Morgan fingerprint density at radius 2 is 1.85 bits per heavy atom. The fourth-order valence-electron chi connectivity index (χ4n) is 2.49. The number of urea groups is 1. The van der Waals surface area contributed by atoms with Gasteiger partial charge in [-0.15, -0.1) is 0 Å². The van der Waals surface area contributed by atoms with Crippen LogP contribution in [0.3, 0.4) is 0 Å². The van der Waals surface area contributed by atoms with Crippen LogP contribution in [0.1, 0.15) is 31.9 Å². The first-order valence-corrected chi connectivity index (χ1v) is 10.4. The minimum absolute atomic E-state index is 0.0435. The van der Waals surface area contributed by atoms with Gasteiger partial charge in [-0.2, -0.15) is 8.42 Å². The molecule has 2 amide bonds. The Kier molecular flexibility index (Phi) is 6.85. The summed E-state index contributed by atoms with van der Waals surface area (Å²) < 4.78 is 28.4. The van der Waals surface area contributed by atoms with Crippen LogP contribution in [0.4, 0.5) is 10.5 Å². The minimum Gasteiger partial charge on any atom is -0.382 e. The molecule has 0 aromatic heterocycles. The summed E-state index contributed by atoms with van der Waals surface area (Å²) in [5.41, 5.74) is 2.53. The number of aryl methyl sites for hydroxylation is 1. The molecule has 0 saturated heterocycles. The normalized spacial score (nSPS) is 11.3. The summed E-state index contributed by atoms with van der Waals surface area (Å²) in [5, 5.41) is 2.93. The summed E-state index contributed by atoms with van der Waals surface area (Å²) in [6.45, 7) is 7.65. The van der Waals surface area contributed by atoms with Crippen LogP contribution in [0.5, 0.6) is 5.75 Å². The largest absolute Gasteiger partial charge is 0.382 e. The van der Waals surface area contributed by atoms with Gasteiger partial charge in [0.15, 0.2) is 0 Å². The van der Waals surface area contributed by atoms with E-state index in [0.717, 1.165) is 16.8 Å². The molecule has 146 valence electrons. The zero-order chi connectivity index (χ0) is 20.0. The molecule has 0 fully saturated rings. The number of amides is 2. The number of benzene rings is 2. The Morgan fingerprint density at radius 3 is 2.48 bits per heavy atom. The number of nitrogens with zero attached hydrogens (tertiary/aromatic N) is 1. The summed E-state index contributed by atoms with van der Waals surface area (Å²) in [6, 6.07) is 14.1. The monoisotopic (exact) mass is 390 g/mol. The molecule has 0 heterocycles. The standard InChI is InChI=1S/C20H26N2O4S/c1-5-27(24,25)26-18-11-8-10-17(13-18)14-22(15(2)3)20(23)21-19-12-7-6-9-16(19)4/h6-13,15H,5,14H2,1-4H3,(H,21,23). The molecule has 0 radical (unpaired) electrons. The second-order valence-corrected chi connectivity index (χ2v) is 8.40. The Bertz CT molecular complexity index is 894.